The molecule has 0 fully saturated rings. The average Bonchev–Trinajstić information content (AvgIpc) is 3.32. The van der Waals surface area contributed by atoms with E-state index in [1.54, 1.807) is 44.3 Å². The molecular weight excluding hydrogens is 526 g/mol. The van der Waals surface area contributed by atoms with Crippen molar-refractivity contribution in [2.45, 2.75) is 58.7 Å². The van der Waals surface area contributed by atoms with Crippen molar-refractivity contribution in [2.24, 2.45) is 11.8 Å². The zero-order valence-corrected chi connectivity index (χ0v) is 23.4. The van der Waals surface area contributed by atoms with Crippen molar-refractivity contribution < 1.29 is 19.5 Å². The van der Waals surface area contributed by atoms with E-state index in [-0.39, 0.29) is 24.1 Å². The number of nitrogens with one attached hydrogen (secondary N) is 4. The number of carbonyl (C=O) groups excluding carboxylic acids is 2. The van der Waals surface area contributed by atoms with Gasteiger partial charge < -0.3 is 25.7 Å². The molecule has 2 amide bonds. The Labute approximate surface area is 236 Å². The van der Waals surface area contributed by atoms with Crippen molar-refractivity contribution in [1.82, 2.24) is 25.2 Å². The van der Waals surface area contributed by atoms with E-state index >= 15 is 0 Å². The number of fused-ring (bicyclic) bond motifs is 2. The molecule has 11 nitrogen and oxygen atoms in total. The molecule has 2 heterocycles. The predicted molar refractivity (Wildman–Crippen MR) is 156 cm³/mol. The molecule has 3 atom stereocenters. The van der Waals surface area contributed by atoms with Crippen molar-refractivity contribution >= 4 is 39.6 Å². The van der Waals surface area contributed by atoms with Crippen LogP contribution in [0.15, 0.2) is 64.3 Å². The van der Waals surface area contributed by atoms with Crippen LogP contribution in [0.5, 0.6) is 0 Å². The zero-order chi connectivity index (χ0) is 29.8. The highest BCUT2D eigenvalue weighted by molar-refractivity contribution is 5.92. The van der Waals surface area contributed by atoms with Gasteiger partial charge in [0.1, 0.15) is 18.1 Å². The fourth-order valence-corrected chi connectivity index (χ4v) is 5.01. The number of benzene rings is 2. The molecule has 11 heteroatoms. The third-order valence-electron chi connectivity index (χ3n) is 7.11. The van der Waals surface area contributed by atoms with Crippen molar-refractivity contribution in [3.05, 3.63) is 81.1 Å². The Morgan fingerprint density at radius 2 is 1.51 bits per heavy atom. The Balaban J connectivity index is 1.74. The lowest BCUT2D eigenvalue weighted by Crippen LogP contribution is -2.56. The highest BCUT2D eigenvalue weighted by Crippen LogP contribution is 2.23. The van der Waals surface area contributed by atoms with Crippen molar-refractivity contribution in [3.63, 3.8) is 0 Å². The second kappa shape index (κ2) is 12.2. The Hall–Kier alpha value is -4.67. The van der Waals surface area contributed by atoms with E-state index in [1.807, 2.05) is 38.1 Å². The van der Waals surface area contributed by atoms with Crippen LogP contribution >= 0.6 is 0 Å². The maximum Gasteiger partial charge on any atom is 0.329 e. The molecule has 4 aromatic rings. The Kier molecular flexibility index (Phi) is 8.75. The van der Waals surface area contributed by atoms with Gasteiger partial charge in [0.2, 0.25) is 11.8 Å². The second-order valence-electron chi connectivity index (χ2n) is 11.0. The van der Waals surface area contributed by atoms with Gasteiger partial charge in [-0.25, -0.2) is 14.2 Å². The molecule has 5 N–H and O–H groups in total. The number of rotatable bonds is 11. The molecule has 4 rings (SSSR count). The van der Waals surface area contributed by atoms with Crippen molar-refractivity contribution in [3.8, 4) is 0 Å². The quantitative estimate of drug-likeness (QED) is 0.189. The summed E-state index contributed by atoms with van der Waals surface area (Å²) < 4.78 is 0.882. The van der Waals surface area contributed by atoms with Crippen LogP contribution in [0.4, 0.5) is 0 Å². The number of aliphatic carboxylic acids is 1. The van der Waals surface area contributed by atoms with Crippen LogP contribution in [0, 0.1) is 11.8 Å². The van der Waals surface area contributed by atoms with Gasteiger partial charge in [-0.1, -0.05) is 58.0 Å². The van der Waals surface area contributed by atoms with Crippen LogP contribution < -0.4 is 21.9 Å². The molecule has 0 aliphatic heterocycles. The van der Waals surface area contributed by atoms with Gasteiger partial charge in [0.15, 0.2) is 0 Å². The first-order valence-electron chi connectivity index (χ1n) is 13.6. The third kappa shape index (κ3) is 6.40. The molecule has 0 radical (unpaired) electrons. The number of carboxylic acids is 1. The SMILES string of the molecule is CC(C)CC(NC(=O)C(NC(=O)C(Cc1c[nH]c2ccccc12)n1c(=O)[nH]c2ccccc2c1=O)C(C)C)C(=O)O. The number of carbonyl (C=O) groups is 3. The summed E-state index contributed by atoms with van der Waals surface area (Å²) in [5, 5.41) is 15.9. The number of H-pyrrole nitrogens is 2. The van der Waals surface area contributed by atoms with E-state index in [9.17, 15) is 29.1 Å². The first kappa shape index (κ1) is 29.3. The average molecular weight is 562 g/mol. The van der Waals surface area contributed by atoms with E-state index in [1.165, 1.54) is 0 Å². The monoisotopic (exact) mass is 561 g/mol. The molecule has 0 saturated heterocycles. The number of hydrogen-bond acceptors (Lipinski definition) is 5. The van der Waals surface area contributed by atoms with Gasteiger partial charge in [-0.15, -0.1) is 0 Å². The van der Waals surface area contributed by atoms with Gasteiger partial charge in [0, 0.05) is 23.5 Å². The summed E-state index contributed by atoms with van der Waals surface area (Å²) >= 11 is 0. The number of nitrogens with zero attached hydrogens (tertiary/aromatic N) is 1. The summed E-state index contributed by atoms with van der Waals surface area (Å²) in [6.45, 7) is 7.12. The molecule has 0 aliphatic rings. The summed E-state index contributed by atoms with van der Waals surface area (Å²) in [7, 11) is 0. The number of para-hydroxylation sites is 2. The van der Waals surface area contributed by atoms with Crippen LogP contribution in [0.25, 0.3) is 21.8 Å². The fraction of sp³-hybridized carbons (Fsp3) is 0.367. The number of carboxylic acid groups (broad SMARTS) is 1. The molecule has 3 unspecified atom stereocenters. The third-order valence-corrected chi connectivity index (χ3v) is 7.11. The first-order chi connectivity index (χ1) is 19.5. The molecule has 41 heavy (non-hydrogen) atoms. The van der Waals surface area contributed by atoms with Gasteiger partial charge >= 0.3 is 11.7 Å². The Morgan fingerprint density at radius 1 is 0.878 bits per heavy atom. The number of hydrogen-bond donors (Lipinski definition) is 5. The normalized spacial score (nSPS) is 13.8. The van der Waals surface area contributed by atoms with Crippen molar-refractivity contribution in [1.29, 1.82) is 0 Å². The van der Waals surface area contributed by atoms with Gasteiger partial charge in [0.05, 0.1) is 10.9 Å². The second-order valence-corrected chi connectivity index (χ2v) is 11.0. The zero-order valence-electron chi connectivity index (χ0n) is 23.4. The van der Waals surface area contributed by atoms with E-state index in [0.717, 1.165) is 15.5 Å². The largest absolute Gasteiger partial charge is 0.480 e. The minimum atomic E-state index is -1.31. The number of amides is 2. The molecule has 2 aromatic heterocycles. The Bertz CT molecular complexity index is 1700. The summed E-state index contributed by atoms with van der Waals surface area (Å²) in [4.78, 5) is 71.6. The summed E-state index contributed by atoms with van der Waals surface area (Å²) in [5.41, 5.74) is 0.466. The molecule has 0 saturated carbocycles. The molecule has 216 valence electrons. The lowest BCUT2D eigenvalue weighted by molar-refractivity contribution is -0.143. The summed E-state index contributed by atoms with van der Waals surface area (Å²) in [6.07, 6.45) is 1.92. The number of aromatic amines is 2. The molecule has 0 bridgehead atoms. The smallest absolute Gasteiger partial charge is 0.329 e. The van der Waals surface area contributed by atoms with Crippen LogP contribution in [0.2, 0.25) is 0 Å². The minimum Gasteiger partial charge on any atom is -0.480 e. The van der Waals surface area contributed by atoms with Gasteiger partial charge in [-0.3, -0.25) is 14.4 Å². The topological polar surface area (TPSA) is 166 Å². The highest BCUT2D eigenvalue weighted by Gasteiger charge is 2.33. The minimum absolute atomic E-state index is 0.00977. The lowest BCUT2D eigenvalue weighted by atomic mass is 9.99. The van der Waals surface area contributed by atoms with Gasteiger partial charge in [0.25, 0.3) is 5.56 Å². The lowest BCUT2D eigenvalue weighted by Gasteiger charge is -2.27. The Morgan fingerprint density at radius 3 is 2.15 bits per heavy atom. The predicted octanol–water partition coefficient (Wildman–Crippen LogP) is 2.71. The van der Waals surface area contributed by atoms with E-state index < -0.39 is 53.1 Å². The maximum atomic E-state index is 13.9. The van der Waals surface area contributed by atoms with E-state index in [2.05, 4.69) is 20.6 Å². The summed E-state index contributed by atoms with van der Waals surface area (Å²) in [5.74, 6) is -2.97. The first-order valence-corrected chi connectivity index (χ1v) is 13.6. The summed E-state index contributed by atoms with van der Waals surface area (Å²) in [6, 6.07) is 10.4. The van der Waals surface area contributed by atoms with E-state index in [4.69, 9.17) is 0 Å². The fourth-order valence-electron chi connectivity index (χ4n) is 5.01. The standard InChI is InChI=1S/C30H35N5O6/c1-16(2)13-23(29(39)40)32-27(37)25(17(3)4)34-26(36)24(14-18-15-31-21-11-7-5-9-19(18)21)35-28(38)20-10-6-8-12-22(20)33-30(35)41/h5-12,15-17,23-25,31H,13-14H2,1-4H3,(H,32,37)(H,33,41)(H,34,36)(H,39,40). The van der Waals surface area contributed by atoms with E-state index in [0.29, 0.717) is 11.1 Å². The van der Waals surface area contributed by atoms with Gasteiger partial charge in [-0.05, 0) is 42.0 Å². The van der Waals surface area contributed by atoms with Crippen LogP contribution in [-0.4, -0.2) is 49.5 Å². The number of aromatic nitrogens is 3. The highest BCUT2D eigenvalue weighted by atomic mass is 16.4. The van der Waals surface area contributed by atoms with Gasteiger partial charge in [-0.2, -0.15) is 0 Å². The van der Waals surface area contributed by atoms with Crippen LogP contribution in [-0.2, 0) is 20.8 Å². The molecule has 0 spiro atoms. The molecule has 2 aromatic carbocycles. The molecular formula is C30H35N5O6. The molecule has 0 aliphatic carbocycles. The maximum absolute atomic E-state index is 13.9. The van der Waals surface area contributed by atoms with Crippen molar-refractivity contribution in [2.75, 3.05) is 0 Å². The van der Waals surface area contributed by atoms with Crippen LogP contribution in [0.1, 0.15) is 45.7 Å². The van der Waals surface area contributed by atoms with Crippen LogP contribution in [0.3, 0.4) is 0 Å².